The average molecular weight is 186 g/mol. The number of hydrogen-bond acceptors (Lipinski definition) is 3. The molecule has 1 rings (SSSR count). The van der Waals surface area contributed by atoms with Crippen LogP contribution in [0.15, 0.2) is 0 Å². The standard InChI is InChI=1S/C10H22N2O/c1-3-8(6-11)10(2,13)9-4-5-12-7-9/h8-9,12-13H,3-7,11H2,1-2H3. The predicted molar refractivity (Wildman–Crippen MR) is 54.4 cm³/mol. The summed E-state index contributed by atoms with van der Waals surface area (Å²) in [7, 11) is 0. The molecule has 0 saturated carbocycles. The average Bonchev–Trinajstić information content (AvgIpc) is 2.58. The molecule has 3 atom stereocenters. The lowest BCUT2D eigenvalue weighted by molar-refractivity contribution is -0.0455. The van der Waals surface area contributed by atoms with E-state index in [-0.39, 0.29) is 5.92 Å². The second-order valence-corrected chi connectivity index (χ2v) is 4.26. The second-order valence-electron chi connectivity index (χ2n) is 4.26. The minimum atomic E-state index is -0.590. The van der Waals surface area contributed by atoms with Gasteiger partial charge in [-0.15, -0.1) is 0 Å². The lowest BCUT2D eigenvalue weighted by Crippen LogP contribution is -2.46. The molecule has 3 heteroatoms. The molecule has 1 saturated heterocycles. The SMILES string of the molecule is CCC(CN)C(C)(O)C1CCNC1. The largest absolute Gasteiger partial charge is 0.390 e. The van der Waals surface area contributed by atoms with E-state index in [0.717, 1.165) is 25.9 Å². The monoisotopic (exact) mass is 186 g/mol. The Balaban J connectivity index is 2.60. The summed E-state index contributed by atoms with van der Waals surface area (Å²) in [6.45, 7) is 6.57. The van der Waals surface area contributed by atoms with Crippen LogP contribution < -0.4 is 11.1 Å². The van der Waals surface area contributed by atoms with Crippen LogP contribution in [-0.2, 0) is 0 Å². The summed E-state index contributed by atoms with van der Waals surface area (Å²) in [5.41, 5.74) is 5.07. The summed E-state index contributed by atoms with van der Waals surface area (Å²) in [6, 6.07) is 0. The summed E-state index contributed by atoms with van der Waals surface area (Å²) < 4.78 is 0. The number of nitrogens with one attached hydrogen (secondary N) is 1. The molecule has 1 heterocycles. The first-order chi connectivity index (χ1) is 6.12. The van der Waals surface area contributed by atoms with E-state index in [2.05, 4.69) is 12.2 Å². The number of hydrogen-bond donors (Lipinski definition) is 3. The minimum Gasteiger partial charge on any atom is -0.390 e. The molecule has 78 valence electrons. The topological polar surface area (TPSA) is 58.3 Å². The van der Waals surface area contributed by atoms with Gasteiger partial charge in [-0.05, 0) is 38.8 Å². The third-order valence-corrected chi connectivity index (χ3v) is 3.49. The molecule has 0 aliphatic carbocycles. The van der Waals surface area contributed by atoms with E-state index in [1.54, 1.807) is 0 Å². The fraction of sp³-hybridized carbons (Fsp3) is 1.00. The first kappa shape index (κ1) is 11.0. The van der Waals surface area contributed by atoms with Crippen molar-refractivity contribution in [2.75, 3.05) is 19.6 Å². The van der Waals surface area contributed by atoms with Gasteiger partial charge in [-0.1, -0.05) is 6.92 Å². The number of nitrogens with two attached hydrogens (primary N) is 1. The minimum absolute atomic E-state index is 0.234. The number of rotatable bonds is 4. The molecule has 1 fully saturated rings. The molecule has 1 aliphatic heterocycles. The molecule has 3 unspecified atom stereocenters. The van der Waals surface area contributed by atoms with Crippen molar-refractivity contribution >= 4 is 0 Å². The molecule has 0 aromatic rings. The smallest absolute Gasteiger partial charge is 0.0700 e. The highest BCUT2D eigenvalue weighted by Gasteiger charge is 2.39. The van der Waals surface area contributed by atoms with Gasteiger partial charge in [0.15, 0.2) is 0 Å². The van der Waals surface area contributed by atoms with Gasteiger partial charge in [0.25, 0.3) is 0 Å². The zero-order valence-electron chi connectivity index (χ0n) is 8.71. The van der Waals surface area contributed by atoms with Crippen molar-refractivity contribution < 1.29 is 5.11 Å². The Morgan fingerprint density at radius 1 is 1.69 bits per heavy atom. The van der Waals surface area contributed by atoms with Gasteiger partial charge in [0.05, 0.1) is 5.60 Å². The Labute approximate surface area is 80.7 Å². The summed E-state index contributed by atoms with van der Waals surface area (Å²) in [5.74, 6) is 0.610. The van der Waals surface area contributed by atoms with E-state index in [9.17, 15) is 5.11 Å². The molecule has 0 spiro atoms. The predicted octanol–water partition coefficient (Wildman–Crippen LogP) is 0.332. The van der Waals surface area contributed by atoms with E-state index in [1.807, 2.05) is 6.92 Å². The Kier molecular flexibility index (Phi) is 3.71. The van der Waals surface area contributed by atoms with Crippen LogP contribution in [0.5, 0.6) is 0 Å². The van der Waals surface area contributed by atoms with Crippen LogP contribution in [0.3, 0.4) is 0 Å². The second kappa shape index (κ2) is 4.40. The molecular weight excluding hydrogens is 164 g/mol. The number of aliphatic hydroxyl groups is 1. The summed E-state index contributed by atoms with van der Waals surface area (Å²) in [5, 5.41) is 13.6. The molecule has 0 amide bonds. The van der Waals surface area contributed by atoms with Gasteiger partial charge >= 0.3 is 0 Å². The van der Waals surface area contributed by atoms with Gasteiger partial charge < -0.3 is 16.2 Å². The van der Waals surface area contributed by atoms with Gasteiger partial charge in [0.1, 0.15) is 0 Å². The summed E-state index contributed by atoms with van der Waals surface area (Å²) in [4.78, 5) is 0. The maximum atomic E-state index is 10.4. The van der Waals surface area contributed by atoms with Crippen molar-refractivity contribution in [3.63, 3.8) is 0 Å². The first-order valence-corrected chi connectivity index (χ1v) is 5.26. The van der Waals surface area contributed by atoms with Crippen molar-refractivity contribution in [1.82, 2.24) is 5.32 Å². The van der Waals surface area contributed by atoms with E-state index in [0.29, 0.717) is 12.5 Å². The van der Waals surface area contributed by atoms with Crippen LogP contribution in [0, 0.1) is 11.8 Å². The zero-order chi connectivity index (χ0) is 9.90. The molecule has 3 nitrogen and oxygen atoms in total. The fourth-order valence-corrected chi connectivity index (χ4v) is 2.31. The Morgan fingerprint density at radius 2 is 2.38 bits per heavy atom. The highest BCUT2D eigenvalue weighted by atomic mass is 16.3. The van der Waals surface area contributed by atoms with Crippen molar-refractivity contribution in [2.24, 2.45) is 17.6 Å². The fourth-order valence-electron chi connectivity index (χ4n) is 2.31. The Bertz CT molecular complexity index is 145. The van der Waals surface area contributed by atoms with Crippen LogP contribution >= 0.6 is 0 Å². The molecule has 0 radical (unpaired) electrons. The quantitative estimate of drug-likeness (QED) is 0.593. The van der Waals surface area contributed by atoms with Crippen LogP contribution in [0.4, 0.5) is 0 Å². The molecule has 1 aliphatic rings. The molecule has 0 bridgehead atoms. The van der Waals surface area contributed by atoms with E-state index in [4.69, 9.17) is 5.73 Å². The van der Waals surface area contributed by atoms with Gasteiger partial charge in [-0.25, -0.2) is 0 Å². The van der Waals surface area contributed by atoms with Crippen molar-refractivity contribution in [3.8, 4) is 0 Å². The van der Waals surface area contributed by atoms with Gasteiger partial charge in [0, 0.05) is 12.5 Å². The summed E-state index contributed by atoms with van der Waals surface area (Å²) >= 11 is 0. The van der Waals surface area contributed by atoms with E-state index < -0.39 is 5.60 Å². The highest BCUT2D eigenvalue weighted by Crippen LogP contribution is 2.31. The lowest BCUT2D eigenvalue weighted by atomic mass is 9.76. The maximum absolute atomic E-state index is 10.4. The molecule has 13 heavy (non-hydrogen) atoms. The zero-order valence-corrected chi connectivity index (χ0v) is 8.71. The van der Waals surface area contributed by atoms with Gasteiger partial charge in [-0.3, -0.25) is 0 Å². The van der Waals surface area contributed by atoms with Gasteiger partial charge in [-0.2, -0.15) is 0 Å². The lowest BCUT2D eigenvalue weighted by Gasteiger charge is -2.36. The van der Waals surface area contributed by atoms with Crippen molar-refractivity contribution in [2.45, 2.75) is 32.3 Å². The highest BCUT2D eigenvalue weighted by molar-refractivity contribution is 4.92. The van der Waals surface area contributed by atoms with E-state index >= 15 is 0 Å². The Hall–Kier alpha value is -0.120. The van der Waals surface area contributed by atoms with Crippen LogP contribution in [0.2, 0.25) is 0 Å². The van der Waals surface area contributed by atoms with Crippen molar-refractivity contribution in [1.29, 1.82) is 0 Å². The van der Waals surface area contributed by atoms with Crippen LogP contribution in [-0.4, -0.2) is 30.3 Å². The third-order valence-electron chi connectivity index (χ3n) is 3.49. The third kappa shape index (κ3) is 2.22. The first-order valence-electron chi connectivity index (χ1n) is 5.26. The van der Waals surface area contributed by atoms with Crippen molar-refractivity contribution in [3.05, 3.63) is 0 Å². The van der Waals surface area contributed by atoms with Crippen LogP contribution in [0.25, 0.3) is 0 Å². The van der Waals surface area contributed by atoms with Gasteiger partial charge in [0.2, 0.25) is 0 Å². The maximum Gasteiger partial charge on any atom is 0.0700 e. The molecular formula is C10H22N2O. The normalized spacial score (nSPS) is 30.0. The van der Waals surface area contributed by atoms with E-state index in [1.165, 1.54) is 0 Å². The molecule has 4 N–H and O–H groups in total. The van der Waals surface area contributed by atoms with Crippen LogP contribution in [0.1, 0.15) is 26.7 Å². The summed E-state index contributed by atoms with van der Waals surface area (Å²) in [6.07, 6.45) is 2.03. The molecule has 0 aromatic carbocycles. The molecule has 0 aromatic heterocycles. The Morgan fingerprint density at radius 3 is 2.77 bits per heavy atom.